The van der Waals surface area contributed by atoms with Crippen molar-refractivity contribution >= 4 is 22.6 Å². The lowest BCUT2D eigenvalue weighted by atomic mass is 10.0. The number of carboxylic acids is 1. The lowest BCUT2D eigenvalue weighted by molar-refractivity contribution is 0.0695. The van der Waals surface area contributed by atoms with E-state index in [2.05, 4.69) is 0 Å². The highest BCUT2D eigenvalue weighted by atomic mass is 19.1. The Labute approximate surface area is 171 Å². The van der Waals surface area contributed by atoms with Gasteiger partial charge < -0.3 is 25.4 Å². The van der Waals surface area contributed by atoms with E-state index in [0.717, 1.165) is 12.5 Å². The molecule has 3 aromatic rings. The predicted octanol–water partition coefficient (Wildman–Crippen LogP) is 2.71. The maximum Gasteiger partial charge on any atom is 0.341 e. The number of nitrogens with zero attached hydrogens (tertiary/aromatic N) is 2. The molecule has 2 atom stereocenters. The van der Waals surface area contributed by atoms with Crippen LogP contribution in [0.2, 0.25) is 0 Å². The highest BCUT2D eigenvalue weighted by Gasteiger charge is 2.28. The zero-order valence-electron chi connectivity index (χ0n) is 16.4. The molecule has 0 bridgehead atoms. The van der Waals surface area contributed by atoms with Crippen LogP contribution in [0.1, 0.15) is 23.7 Å². The van der Waals surface area contributed by atoms with Gasteiger partial charge in [-0.3, -0.25) is 4.79 Å². The Bertz CT molecular complexity index is 1190. The van der Waals surface area contributed by atoms with Crippen LogP contribution in [0.3, 0.4) is 0 Å². The Morgan fingerprint density at radius 1 is 1.27 bits per heavy atom. The van der Waals surface area contributed by atoms with E-state index in [4.69, 9.17) is 5.73 Å². The SMILES string of the molecule is C[C@H](N)[C@@H]1CCN(c2cc3c(cc2F)c(=O)c(C(=O)O)cn3-c2ccc(O)cc2)C1. The van der Waals surface area contributed by atoms with E-state index in [1.165, 1.54) is 22.9 Å². The molecule has 1 aliphatic heterocycles. The molecule has 156 valence electrons. The average Bonchev–Trinajstić information content (AvgIpc) is 3.19. The number of phenolic OH excluding ortho intramolecular Hbond substituents is 1. The largest absolute Gasteiger partial charge is 0.508 e. The molecule has 0 amide bonds. The zero-order valence-corrected chi connectivity index (χ0v) is 16.4. The van der Waals surface area contributed by atoms with E-state index in [-0.39, 0.29) is 23.1 Å². The summed E-state index contributed by atoms with van der Waals surface area (Å²) in [4.78, 5) is 26.2. The molecule has 1 fully saturated rings. The number of carbonyl (C=O) groups is 1. The van der Waals surface area contributed by atoms with E-state index >= 15 is 0 Å². The smallest absolute Gasteiger partial charge is 0.341 e. The van der Waals surface area contributed by atoms with Crippen molar-refractivity contribution in [2.45, 2.75) is 19.4 Å². The molecule has 2 aromatic carbocycles. The topological polar surface area (TPSA) is 109 Å². The number of nitrogens with two attached hydrogens (primary N) is 1. The molecule has 2 heterocycles. The molecule has 0 saturated carbocycles. The molecule has 0 unspecified atom stereocenters. The molecule has 1 aliphatic rings. The van der Waals surface area contributed by atoms with Gasteiger partial charge in [-0.25, -0.2) is 9.18 Å². The molecule has 4 rings (SSSR count). The van der Waals surface area contributed by atoms with Gasteiger partial charge in [0, 0.05) is 36.4 Å². The number of hydrogen-bond acceptors (Lipinski definition) is 5. The van der Waals surface area contributed by atoms with Gasteiger partial charge in [0.2, 0.25) is 5.43 Å². The number of aromatic carboxylic acids is 1. The number of aromatic hydroxyl groups is 1. The van der Waals surface area contributed by atoms with Gasteiger partial charge in [0.25, 0.3) is 0 Å². The molecule has 4 N–H and O–H groups in total. The number of halogens is 1. The third-order valence-corrected chi connectivity index (χ3v) is 5.74. The second-order valence-electron chi connectivity index (χ2n) is 7.74. The standard InChI is InChI=1S/C22H22FN3O4/c1-12(24)13-6-7-25(10-13)20-9-19-16(8-18(20)23)21(28)17(22(29)30)11-26(19)14-2-4-15(27)5-3-14/h2-5,8-9,11-13,27H,6-7,10,24H2,1H3,(H,29,30)/t12-,13+/m0/s1. The molecular formula is C22H22FN3O4. The number of phenols is 1. The van der Waals surface area contributed by atoms with E-state index in [9.17, 15) is 24.2 Å². The summed E-state index contributed by atoms with van der Waals surface area (Å²) in [5.74, 6) is -1.68. The quantitative estimate of drug-likeness (QED) is 0.609. The summed E-state index contributed by atoms with van der Waals surface area (Å²) < 4.78 is 16.5. The third kappa shape index (κ3) is 3.39. The van der Waals surface area contributed by atoms with Crippen LogP contribution in [-0.2, 0) is 0 Å². The highest BCUT2D eigenvalue weighted by molar-refractivity contribution is 5.94. The molecule has 1 aromatic heterocycles. The fourth-order valence-electron chi connectivity index (χ4n) is 3.99. The van der Waals surface area contributed by atoms with Gasteiger partial charge in [-0.15, -0.1) is 0 Å². The van der Waals surface area contributed by atoms with Crippen molar-refractivity contribution < 1.29 is 19.4 Å². The Morgan fingerprint density at radius 2 is 1.97 bits per heavy atom. The fraction of sp³-hybridized carbons (Fsp3) is 0.273. The van der Waals surface area contributed by atoms with Crippen LogP contribution in [0.4, 0.5) is 10.1 Å². The van der Waals surface area contributed by atoms with Gasteiger partial charge in [-0.1, -0.05) is 0 Å². The third-order valence-electron chi connectivity index (χ3n) is 5.74. The maximum absolute atomic E-state index is 15.0. The molecular weight excluding hydrogens is 389 g/mol. The van der Waals surface area contributed by atoms with Crippen LogP contribution < -0.4 is 16.1 Å². The number of benzene rings is 2. The first-order valence-electron chi connectivity index (χ1n) is 9.68. The van der Waals surface area contributed by atoms with Gasteiger partial charge >= 0.3 is 5.97 Å². The summed E-state index contributed by atoms with van der Waals surface area (Å²) >= 11 is 0. The average molecular weight is 411 g/mol. The minimum atomic E-state index is -1.39. The molecule has 0 radical (unpaired) electrons. The summed E-state index contributed by atoms with van der Waals surface area (Å²) in [6.45, 7) is 3.18. The molecule has 0 aliphatic carbocycles. The molecule has 1 saturated heterocycles. The van der Waals surface area contributed by atoms with Crippen LogP contribution in [0.15, 0.2) is 47.4 Å². The van der Waals surface area contributed by atoms with E-state index in [1.807, 2.05) is 11.8 Å². The van der Waals surface area contributed by atoms with Crippen LogP contribution in [-0.4, -0.2) is 39.9 Å². The number of pyridine rings is 1. The van der Waals surface area contributed by atoms with Crippen molar-refractivity contribution in [1.82, 2.24) is 4.57 Å². The Kier molecular flexibility index (Phi) is 4.95. The number of rotatable bonds is 4. The first kappa shape index (κ1) is 19.9. The summed E-state index contributed by atoms with van der Waals surface area (Å²) in [6.07, 6.45) is 2.08. The van der Waals surface area contributed by atoms with Gasteiger partial charge in [0.15, 0.2) is 0 Å². The van der Waals surface area contributed by atoms with Crippen molar-refractivity contribution in [2.75, 3.05) is 18.0 Å². The van der Waals surface area contributed by atoms with Gasteiger partial charge in [-0.2, -0.15) is 0 Å². The van der Waals surface area contributed by atoms with E-state index in [1.54, 1.807) is 18.2 Å². The monoisotopic (exact) mass is 411 g/mol. The van der Waals surface area contributed by atoms with Crippen LogP contribution >= 0.6 is 0 Å². The second-order valence-corrected chi connectivity index (χ2v) is 7.74. The number of anilines is 1. The van der Waals surface area contributed by atoms with Crippen molar-refractivity contribution in [3.63, 3.8) is 0 Å². The summed E-state index contributed by atoms with van der Waals surface area (Å²) in [5.41, 5.74) is 6.07. The Balaban J connectivity index is 1.94. The van der Waals surface area contributed by atoms with Crippen LogP contribution in [0.25, 0.3) is 16.6 Å². The van der Waals surface area contributed by atoms with Gasteiger partial charge in [0.05, 0.1) is 11.2 Å². The molecule has 30 heavy (non-hydrogen) atoms. The summed E-state index contributed by atoms with van der Waals surface area (Å²) in [6, 6.07) is 8.78. The summed E-state index contributed by atoms with van der Waals surface area (Å²) in [5, 5.41) is 19.0. The Morgan fingerprint density at radius 3 is 2.57 bits per heavy atom. The van der Waals surface area contributed by atoms with Gasteiger partial charge in [0.1, 0.15) is 17.1 Å². The van der Waals surface area contributed by atoms with E-state index in [0.29, 0.717) is 30.0 Å². The van der Waals surface area contributed by atoms with Crippen molar-refractivity contribution in [1.29, 1.82) is 0 Å². The minimum absolute atomic E-state index is 0.00757. The lowest BCUT2D eigenvalue weighted by Gasteiger charge is -2.22. The minimum Gasteiger partial charge on any atom is -0.508 e. The van der Waals surface area contributed by atoms with Crippen LogP contribution in [0.5, 0.6) is 5.75 Å². The molecule has 0 spiro atoms. The number of fused-ring (bicyclic) bond motifs is 1. The first-order chi connectivity index (χ1) is 14.3. The maximum atomic E-state index is 15.0. The second kappa shape index (κ2) is 7.46. The number of aromatic nitrogens is 1. The Hall–Kier alpha value is -3.39. The number of carboxylic acid groups (broad SMARTS) is 1. The zero-order chi connectivity index (χ0) is 21.6. The predicted molar refractivity (Wildman–Crippen MR) is 112 cm³/mol. The van der Waals surface area contributed by atoms with Crippen molar-refractivity contribution in [3.8, 4) is 11.4 Å². The molecule has 7 nitrogen and oxygen atoms in total. The van der Waals surface area contributed by atoms with Crippen LogP contribution in [0, 0.1) is 11.7 Å². The normalized spacial score (nSPS) is 17.4. The van der Waals surface area contributed by atoms with E-state index < -0.39 is 22.8 Å². The summed E-state index contributed by atoms with van der Waals surface area (Å²) in [7, 11) is 0. The fourth-order valence-corrected chi connectivity index (χ4v) is 3.99. The lowest BCUT2D eigenvalue weighted by Crippen LogP contribution is -2.30. The molecule has 8 heteroatoms. The highest BCUT2D eigenvalue weighted by Crippen LogP contribution is 2.31. The van der Waals surface area contributed by atoms with Gasteiger partial charge in [-0.05, 0) is 55.7 Å². The van der Waals surface area contributed by atoms with Crippen molar-refractivity contribution in [2.24, 2.45) is 11.7 Å². The van der Waals surface area contributed by atoms with Crippen molar-refractivity contribution in [3.05, 3.63) is 64.2 Å². The number of hydrogen-bond donors (Lipinski definition) is 3. The first-order valence-corrected chi connectivity index (χ1v) is 9.68.